The number of piperazine rings is 1. The lowest BCUT2D eigenvalue weighted by Crippen LogP contribution is -2.46. The number of phenolic OH excluding ortho intramolecular Hbond substituents is 1. The molecule has 0 radical (unpaired) electrons. The monoisotopic (exact) mass is 468 g/mol. The molecule has 2 heterocycles. The Kier molecular flexibility index (Phi) is 7.17. The minimum atomic E-state index is -0.478. The number of hydrogen-bond acceptors (Lipinski definition) is 7. The number of aryl methyl sites for hydroxylation is 2. The van der Waals surface area contributed by atoms with Gasteiger partial charge in [-0.15, -0.1) is 0 Å². The Hall–Kier alpha value is -3.39. The SMILES string of the molecule is CCOC(=O)CCc1cc2c(C)cc(=O)oc2c(CN2CCN(c3ccccc3F)CC2)c1O. The lowest BCUT2D eigenvalue weighted by molar-refractivity contribution is -0.143. The summed E-state index contributed by atoms with van der Waals surface area (Å²) in [5.41, 5.74) is 2.34. The zero-order valence-corrected chi connectivity index (χ0v) is 19.5. The maximum atomic E-state index is 14.2. The lowest BCUT2D eigenvalue weighted by atomic mass is 9.98. The van der Waals surface area contributed by atoms with Crippen molar-refractivity contribution in [2.45, 2.75) is 33.2 Å². The molecule has 4 rings (SSSR count). The molecule has 7 nitrogen and oxygen atoms in total. The van der Waals surface area contributed by atoms with Crippen molar-refractivity contribution >= 4 is 22.6 Å². The fourth-order valence-corrected chi connectivity index (χ4v) is 4.45. The Morgan fingerprint density at radius 3 is 2.62 bits per heavy atom. The van der Waals surface area contributed by atoms with Crippen LogP contribution in [0.25, 0.3) is 11.0 Å². The minimum absolute atomic E-state index is 0.0297. The summed E-state index contributed by atoms with van der Waals surface area (Å²) in [4.78, 5) is 28.1. The highest BCUT2D eigenvalue weighted by molar-refractivity contribution is 5.86. The molecule has 0 spiro atoms. The first kappa shape index (κ1) is 23.8. The summed E-state index contributed by atoms with van der Waals surface area (Å²) in [5.74, 6) is -0.544. The van der Waals surface area contributed by atoms with Crippen molar-refractivity contribution in [3.8, 4) is 5.75 Å². The standard InChI is InChI=1S/C26H29FN2O5/c1-3-33-23(30)9-8-18-15-19-17(2)14-24(31)34-26(19)20(25(18)32)16-28-10-12-29(13-11-28)22-7-5-4-6-21(22)27/h4-7,14-15,32H,3,8-13,16H2,1-2H3. The zero-order valence-electron chi connectivity index (χ0n) is 19.5. The van der Waals surface area contributed by atoms with Gasteiger partial charge >= 0.3 is 11.6 Å². The van der Waals surface area contributed by atoms with Gasteiger partial charge in [-0.25, -0.2) is 9.18 Å². The number of para-hydroxylation sites is 1. The maximum absolute atomic E-state index is 14.2. The third-order valence-electron chi connectivity index (χ3n) is 6.24. The van der Waals surface area contributed by atoms with E-state index in [1.54, 1.807) is 25.1 Å². The lowest BCUT2D eigenvalue weighted by Gasteiger charge is -2.36. The van der Waals surface area contributed by atoms with Gasteiger partial charge in [0.05, 0.1) is 17.9 Å². The predicted molar refractivity (Wildman–Crippen MR) is 128 cm³/mol. The van der Waals surface area contributed by atoms with Crippen LogP contribution in [-0.4, -0.2) is 48.8 Å². The second kappa shape index (κ2) is 10.3. The number of carbonyl (C=O) groups excluding carboxylic acids is 1. The summed E-state index contributed by atoms with van der Waals surface area (Å²) in [5, 5.41) is 11.8. The summed E-state index contributed by atoms with van der Waals surface area (Å²) >= 11 is 0. The van der Waals surface area contributed by atoms with Crippen molar-refractivity contribution in [3.63, 3.8) is 0 Å². The number of carbonyl (C=O) groups is 1. The number of benzene rings is 2. The third-order valence-corrected chi connectivity index (χ3v) is 6.24. The zero-order chi connectivity index (χ0) is 24.2. The average molecular weight is 469 g/mol. The Bertz CT molecular complexity index is 1250. The molecule has 1 aliphatic heterocycles. The molecular weight excluding hydrogens is 439 g/mol. The summed E-state index contributed by atoms with van der Waals surface area (Å²) in [6.45, 7) is 6.81. The molecule has 1 N–H and O–H groups in total. The Balaban J connectivity index is 1.59. The minimum Gasteiger partial charge on any atom is -0.507 e. The molecular formula is C26H29FN2O5. The number of phenols is 1. The Labute approximate surface area is 197 Å². The van der Waals surface area contributed by atoms with Crippen LogP contribution in [0, 0.1) is 12.7 Å². The molecule has 1 saturated heterocycles. The van der Waals surface area contributed by atoms with E-state index >= 15 is 0 Å². The van der Waals surface area contributed by atoms with Gasteiger partial charge < -0.3 is 19.2 Å². The molecule has 1 aliphatic rings. The van der Waals surface area contributed by atoms with Crippen LogP contribution in [0.4, 0.5) is 10.1 Å². The predicted octanol–water partition coefficient (Wildman–Crippen LogP) is 3.76. The van der Waals surface area contributed by atoms with Gasteiger partial charge in [-0.2, -0.15) is 0 Å². The molecule has 0 saturated carbocycles. The van der Waals surface area contributed by atoms with E-state index < -0.39 is 5.63 Å². The van der Waals surface area contributed by atoms with Gasteiger partial charge in [-0.3, -0.25) is 9.69 Å². The van der Waals surface area contributed by atoms with Crippen molar-refractivity contribution in [2.24, 2.45) is 0 Å². The number of rotatable bonds is 7. The van der Waals surface area contributed by atoms with Crippen LogP contribution in [0.5, 0.6) is 5.75 Å². The molecule has 0 amide bonds. The highest BCUT2D eigenvalue weighted by atomic mass is 19.1. The number of esters is 1. The quantitative estimate of drug-likeness (QED) is 0.418. The molecule has 0 aliphatic carbocycles. The molecule has 1 fully saturated rings. The maximum Gasteiger partial charge on any atom is 0.336 e. The fourth-order valence-electron chi connectivity index (χ4n) is 4.45. The van der Waals surface area contributed by atoms with E-state index in [1.807, 2.05) is 17.9 Å². The first-order valence-electron chi connectivity index (χ1n) is 11.5. The second-order valence-electron chi connectivity index (χ2n) is 8.51. The van der Waals surface area contributed by atoms with Crippen molar-refractivity contribution in [1.82, 2.24) is 4.90 Å². The molecule has 180 valence electrons. The first-order valence-corrected chi connectivity index (χ1v) is 11.5. The number of ether oxygens (including phenoxy) is 1. The van der Waals surface area contributed by atoms with Crippen molar-refractivity contribution in [1.29, 1.82) is 0 Å². The molecule has 0 bridgehead atoms. The highest BCUT2D eigenvalue weighted by Crippen LogP contribution is 2.34. The smallest absolute Gasteiger partial charge is 0.336 e. The van der Waals surface area contributed by atoms with E-state index in [9.17, 15) is 19.1 Å². The van der Waals surface area contributed by atoms with Gasteiger partial charge in [0.2, 0.25) is 0 Å². The van der Waals surface area contributed by atoms with Crippen molar-refractivity contribution in [2.75, 3.05) is 37.7 Å². The average Bonchev–Trinajstić information content (AvgIpc) is 2.81. The topological polar surface area (TPSA) is 83.2 Å². The Morgan fingerprint density at radius 1 is 1.18 bits per heavy atom. The summed E-state index contributed by atoms with van der Waals surface area (Å²) < 4.78 is 24.7. The van der Waals surface area contributed by atoms with Gasteiger partial charge in [0.1, 0.15) is 17.1 Å². The van der Waals surface area contributed by atoms with Crippen LogP contribution in [0.1, 0.15) is 30.0 Å². The van der Waals surface area contributed by atoms with Gasteiger partial charge in [-0.05, 0) is 49.6 Å². The van der Waals surface area contributed by atoms with Crippen molar-refractivity contribution in [3.05, 3.63) is 69.3 Å². The van der Waals surface area contributed by atoms with E-state index in [0.717, 1.165) is 10.9 Å². The molecule has 8 heteroatoms. The number of fused-ring (bicyclic) bond motifs is 1. The summed E-state index contributed by atoms with van der Waals surface area (Å²) in [7, 11) is 0. The number of halogens is 1. The van der Waals surface area contributed by atoms with Crippen LogP contribution < -0.4 is 10.5 Å². The molecule has 2 aromatic carbocycles. The van der Waals surface area contributed by atoms with E-state index in [4.69, 9.17) is 9.15 Å². The van der Waals surface area contributed by atoms with Crippen LogP contribution in [-0.2, 0) is 22.5 Å². The van der Waals surface area contributed by atoms with E-state index in [-0.39, 0.29) is 24.0 Å². The van der Waals surface area contributed by atoms with E-state index in [1.165, 1.54) is 12.1 Å². The van der Waals surface area contributed by atoms with E-state index in [0.29, 0.717) is 68.1 Å². The number of nitrogens with zero attached hydrogens (tertiary/aromatic N) is 2. The number of anilines is 1. The third kappa shape index (κ3) is 5.07. The number of aromatic hydroxyl groups is 1. The van der Waals surface area contributed by atoms with Crippen LogP contribution in [0.3, 0.4) is 0 Å². The molecule has 0 atom stereocenters. The molecule has 0 unspecified atom stereocenters. The van der Waals surface area contributed by atoms with Crippen molar-refractivity contribution < 1.29 is 23.4 Å². The van der Waals surface area contributed by atoms with Crippen LogP contribution in [0.2, 0.25) is 0 Å². The van der Waals surface area contributed by atoms with E-state index in [2.05, 4.69) is 4.90 Å². The summed E-state index contributed by atoms with van der Waals surface area (Å²) in [6, 6.07) is 9.93. The van der Waals surface area contributed by atoms with Crippen LogP contribution in [0.15, 0.2) is 45.6 Å². The highest BCUT2D eigenvalue weighted by Gasteiger charge is 2.24. The van der Waals surface area contributed by atoms with Gasteiger partial charge in [0.25, 0.3) is 0 Å². The Morgan fingerprint density at radius 2 is 1.91 bits per heavy atom. The number of hydrogen-bond donors (Lipinski definition) is 1. The first-order chi connectivity index (χ1) is 16.4. The largest absolute Gasteiger partial charge is 0.507 e. The van der Waals surface area contributed by atoms with Gasteiger partial charge in [0, 0.05) is 50.6 Å². The van der Waals surface area contributed by atoms with Gasteiger partial charge in [-0.1, -0.05) is 12.1 Å². The van der Waals surface area contributed by atoms with Crippen LogP contribution >= 0.6 is 0 Å². The normalized spacial score (nSPS) is 14.5. The second-order valence-corrected chi connectivity index (χ2v) is 8.51. The molecule has 1 aromatic heterocycles. The molecule has 3 aromatic rings. The summed E-state index contributed by atoms with van der Waals surface area (Å²) in [6.07, 6.45) is 0.455. The van der Waals surface area contributed by atoms with Gasteiger partial charge in [0.15, 0.2) is 0 Å². The fraction of sp³-hybridized carbons (Fsp3) is 0.385. The molecule has 34 heavy (non-hydrogen) atoms.